The minimum absolute atomic E-state index is 0.0345. The molecule has 0 aliphatic heterocycles. The number of amides is 1. The second-order valence-corrected chi connectivity index (χ2v) is 6.32. The lowest BCUT2D eigenvalue weighted by atomic mass is 10.1. The number of carbonyl (C=O) groups is 2. The molecule has 1 aliphatic rings. The van der Waals surface area contributed by atoms with E-state index in [-0.39, 0.29) is 22.3 Å². The van der Waals surface area contributed by atoms with Gasteiger partial charge in [0, 0.05) is 17.3 Å². The molecule has 1 fully saturated rings. The third-order valence-corrected chi connectivity index (χ3v) is 4.22. The largest absolute Gasteiger partial charge is 0.447 e. The maximum Gasteiger partial charge on any atom is 0.310 e. The van der Waals surface area contributed by atoms with E-state index in [9.17, 15) is 19.7 Å². The first-order valence-corrected chi connectivity index (χ1v) is 8.34. The minimum atomic E-state index is -1.14. The fraction of sp³-hybridized carbons (Fsp3) is 0.222. The van der Waals surface area contributed by atoms with Gasteiger partial charge in [0.25, 0.3) is 11.6 Å². The highest BCUT2D eigenvalue weighted by Crippen LogP contribution is 2.33. The van der Waals surface area contributed by atoms with Gasteiger partial charge in [0.1, 0.15) is 5.02 Å². The van der Waals surface area contributed by atoms with Gasteiger partial charge < -0.3 is 10.1 Å². The molecule has 1 aliphatic carbocycles. The van der Waals surface area contributed by atoms with E-state index in [2.05, 4.69) is 5.32 Å². The van der Waals surface area contributed by atoms with Crippen LogP contribution >= 0.6 is 11.6 Å². The molecule has 1 atom stereocenters. The van der Waals surface area contributed by atoms with Crippen LogP contribution < -0.4 is 5.32 Å². The van der Waals surface area contributed by atoms with Gasteiger partial charge in [-0.25, -0.2) is 0 Å². The molecule has 0 heterocycles. The number of nitro benzene ring substituents is 1. The van der Waals surface area contributed by atoms with Crippen LogP contribution in [0.5, 0.6) is 0 Å². The second-order valence-electron chi connectivity index (χ2n) is 5.91. The molecule has 2 aromatic carbocycles. The predicted octanol–water partition coefficient (Wildman–Crippen LogP) is 3.88. The van der Waals surface area contributed by atoms with Gasteiger partial charge in [-0.05, 0) is 25.0 Å². The Labute approximate surface area is 154 Å². The zero-order valence-electron chi connectivity index (χ0n) is 13.6. The van der Waals surface area contributed by atoms with Crippen molar-refractivity contribution in [3.63, 3.8) is 0 Å². The van der Waals surface area contributed by atoms with Crippen LogP contribution in [0.2, 0.25) is 5.02 Å². The van der Waals surface area contributed by atoms with Crippen molar-refractivity contribution < 1.29 is 19.2 Å². The van der Waals surface area contributed by atoms with Crippen LogP contribution in [0.3, 0.4) is 0 Å². The number of rotatable bonds is 6. The van der Waals surface area contributed by atoms with Crippen LogP contribution in [-0.4, -0.2) is 16.8 Å². The van der Waals surface area contributed by atoms with E-state index in [0.717, 1.165) is 18.9 Å². The molecule has 1 N–H and O–H groups in total. The van der Waals surface area contributed by atoms with E-state index in [1.54, 1.807) is 30.3 Å². The van der Waals surface area contributed by atoms with Gasteiger partial charge in [0.05, 0.1) is 10.8 Å². The zero-order chi connectivity index (χ0) is 18.7. The number of esters is 1. The highest BCUT2D eigenvalue weighted by atomic mass is 35.5. The van der Waals surface area contributed by atoms with Crippen molar-refractivity contribution in [2.24, 2.45) is 5.92 Å². The smallest absolute Gasteiger partial charge is 0.310 e. The molecule has 3 rings (SSSR count). The number of ether oxygens (including phenoxy) is 1. The lowest BCUT2D eigenvalue weighted by Crippen LogP contribution is -2.26. The average molecular weight is 375 g/mol. The third kappa shape index (κ3) is 4.18. The monoisotopic (exact) mass is 374 g/mol. The van der Waals surface area contributed by atoms with Crippen molar-refractivity contribution in [3.05, 3.63) is 69.2 Å². The quantitative estimate of drug-likeness (QED) is 0.470. The molecule has 0 aromatic heterocycles. The van der Waals surface area contributed by atoms with Crippen LogP contribution in [0.4, 0.5) is 11.4 Å². The number of nitrogens with zero attached hydrogens (tertiary/aromatic N) is 1. The summed E-state index contributed by atoms with van der Waals surface area (Å²) in [4.78, 5) is 35.0. The van der Waals surface area contributed by atoms with Crippen LogP contribution in [-0.2, 0) is 14.3 Å². The summed E-state index contributed by atoms with van der Waals surface area (Å²) in [6.45, 7) is 0. The molecule has 2 aromatic rings. The van der Waals surface area contributed by atoms with Gasteiger partial charge in [0.15, 0.2) is 0 Å². The van der Waals surface area contributed by atoms with E-state index >= 15 is 0 Å². The van der Waals surface area contributed by atoms with Crippen molar-refractivity contribution in [1.29, 1.82) is 0 Å². The summed E-state index contributed by atoms with van der Waals surface area (Å²) in [5.74, 6) is -1.18. The first kappa shape index (κ1) is 17.9. The number of hydrogen-bond acceptors (Lipinski definition) is 5. The minimum Gasteiger partial charge on any atom is -0.447 e. The van der Waals surface area contributed by atoms with Crippen molar-refractivity contribution in [2.45, 2.75) is 18.9 Å². The normalized spacial score (nSPS) is 14.3. The molecule has 0 spiro atoms. The molecule has 7 nitrogen and oxygen atoms in total. The number of benzene rings is 2. The Hall–Kier alpha value is -2.93. The molecule has 0 unspecified atom stereocenters. The summed E-state index contributed by atoms with van der Waals surface area (Å²) >= 11 is 5.77. The Morgan fingerprint density at radius 3 is 2.50 bits per heavy atom. The number of anilines is 1. The standard InChI is InChI=1S/C18H15ClN2O5/c19-14-9-8-13(10-15(14)21(24)25)20-17(22)16(11-4-2-1-3-5-11)26-18(23)12-6-7-12/h1-5,8-10,12,16H,6-7H2,(H,20,22)/t16-/m1/s1. The van der Waals surface area contributed by atoms with Crippen molar-refractivity contribution in [3.8, 4) is 0 Å². The summed E-state index contributed by atoms with van der Waals surface area (Å²) in [5.41, 5.74) is 0.382. The Bertz CT molecular complexity index is 852. The molecule has 8 heteroatoms. The molecule has 26 heavy (non-hydrogen) atoms. The molecular weight excluding hydrogens is 360 g/mol. The fourth-order valence-corrected chi connectivity index (χ4v) is 2.56. The van der Waals surface area contributed by atoms with Gasteiger partial charge >= 0.3 is 5.97 Å². The summed E-state index contributed by atoms with van der Waals surface area (Å²) in [6.07, 6.45) is 0.371. The Morgan fingerprint density at radius 1 is 1.19 bits per heavy atom. The number of nitrogens with one attached hydrogen (secondary N) is 1. The van der Waals surface area contributed by atoms with Crippen molar-refractivity contribution >= 4 is 34.9 Å². The first-order valence-electron chi connectivity index (χ1n) is 7.96. The second kappa shape index (κ2) is 7.53. The van der Waals surface area contributed by atoms with Crippen LogP contribution in [0.15, 0.2) is 48.5 Å². The summed E-state index contributed by atoms with van der Waals surface area (Å²) < 4.78 is 5.38. The van der Waals surface area contributed by atoms with Crippen LogP contribution in [0, 0.1) is 16.0 Å². The predicted molar refractivity (Wildman–Crippen MR) is 94.7 cm³/mol. The molecule has 1 saturated carbocycles. The van der Waals surface area contributed by atoms with Gasteiger partial charge in [-0.1, -0.05) is 41.9 Å². The zero-order valence-corrected chi connectivity index (χ0v) is 14.3. The highest BCUT2D eigenvalue weighted by Gasteiger charge is 2.35. The van der Waals surface area contributed by atoms with Crippen molar-refractivity contribution in [2.75, 3.05) is 5.32 Å². The summed E-state index contributed by atoms with van der Waals surface area (Å²) in [5, 5.41) is 13.5. The van der Waals surface area contributed by atoms with Gasteiger partial charge in [0.2, 0.25) is 6.10 Å². The van der Waals surface area contributed by atoms with E-state index in [1.165, 1.54) is 12.1 Å². The molecule has 0 bridgehead atoms. The number of carbonyl (C=O) groups excluding carboxylic acids is 2. The number of nitro groups is 1. The first-order chi connectivity index (χ1) is 12.5. The Morgan fingerprint density at radius 2 is 1.88 bits per heavy atom. The summed E-state index contributed by atoms with van der Waals surface area (Å²) in [6, 6.07) is 12.5. The van der Waals surface area contributed by atoms with E-state index in [4.69, 9.17) is 16.3 Å². The molecule has 134 valence electrons. The van der Waals surface area contributed by atoms with Gasteiger partial charge in [-0.15, -0.1) is 0 Å². The van der Waals surface area contributed by atoms with E-state index < -0.39 is 22.9 Å². The highest BCUT2D eigenvalue weighted by molar-refractivity contribution is 6.32. The van der Waals surface area contributed by atoms with Crippen molar-refractivity contribution in [1.82, 2.24) is 0 Å². The van der Waals surface area contributed by atoms with Gasteiger partial charge in [-0.3, -0.25) is 19.7 Å². The lowest BCUT2D eigenvalue weighted by Gasteiger charge is -2.18. The SMILES string of the molecule is O=C(O[C@@H](C(=O)Nc1ccc(Cl)c([N+](=O)[O-])c1)c1ccccc1)C1CC1. The third-order valence-electron chi connectivity index (χ3n) is 3.90. The van der Waals surface area contributed by atoms with E-state index in [1.807, 2.05) is 0 Å². The molecule has 1 amide bonds. The number of hydrogen-bond donors (Lipinski definition) is 1. The molecule has 0 radical (unpaired) electrons. The van der Waals surface area contributed by atoms with E-state index in [0.29, 0.717) is 5.56 Å². The maximum absolute atomic E-state index is 12.7. The lowest BCUT2D eigenvalue weighted by molar-refractivity contribution is -0.384. The topological polar surface area (TPSA) is 98.5 Å². The molecular formula is C18H15ClN2O5. The summed E-state index contributed by atoms with van der Waals surface area (Å²) in [7, 11) is 0. The fourth-order valence-electron chi connectivity index (χ4n) is 2.37. The van der Waals surface area contributed by atoms with Crippen LogP contribution in [0.25, 0.3) is 0 Å². The Kier molecular flexibility index (Phi) is 5.18. The van der Waals surface area contributed by atoms with Gasteiger partial charge in [-0.2, -0.15) is 0 Å². The number of halogens is 1. The van der Waals surface area contributed by atoms with Crippen LogP contribution in [0.1, 0.15) is 24.5 Å². The molecule has 0 saturated heterocycles. The average Bonchev–Trinajstić information content (AvgIpc) is 3.46. The maximum atomic E-state index is 12.7. The Balaban J connectivity index is 1.82.